The Morgan fingerprint density at radius 1 is 1.12 bits per heavy atom. The molecule has 32 heavy (non-hydrogen) atoms. The second-order valence-corrected chi connectivity index (χ2v) is 10.8. The molecule has 0 spiro atoms. The van der Waals surface area contributed by atoms with Gasteiger partial charge in [-0.3, -0.25) is 14.2 Å². The van der Waals surface area contributed by atoms with Crippen molar-refractivity contribution in [3.63, 3.8) is 0 Å². The van der Waals surface area contributed by atoms with Crippen molar-refractivity contribution in [2.75, 3.05) is 0 Å². The summed E-state index contributed by atoms with van der Waals surface area (Å²) < 4.78 is 1.69. The lowest BCUT2D eigenvalue weighted by atomic mass is 9.89. The van der Waals surface area contributed by atoms with Crippen LogP contribution in [0.5, 0.6) is 0 Å². The number of carbonyl (C=O) groups is 1. The molecule has 0 amide bonds. The lowest BCUT2D eigenvalue weighted by Crippen LogP contribution is -2.24. The molecule has 0 bridgehead atoms. The average molecular weight is 461 g/mol. The molecule has 5 rings (SSSR count). The van der Waals surface area contributed by atoms with Gasteiger partial charge in [-0.1, -0.05) is 67.2 Å². The van der Waals surface area contributed by atoms with E-state index in [0.717, 1.165) is 35.2 Å². The third kappa shape index (κ3) is 3.82. The van der Waals surface area contributed by atoms with Crippen molar-refractivity contribution in [1.29, 1.82) is 0 Å². The second-order valence-electron chi connectivity index (χ2n) is 8.39. The number of carbonyl (C=O) groups excluding carboxylic acids is 1. The molecule has 2 atom stereocenters. The van der Waals surface area contributed by atoms with Crippen molar-refractivity contribution in [3.8, 4) is 5.69 Å². The third-order valence-electron chi connectivity index (χ3n) is 6.02. The third-order valence-corrected chi connectivity index (χ3v) is 8.22. The maximum absolute atomic E-state index is 13.8. The Labute approximate surface area is 195 Å². The first-order valence-electron chi connectivity index (χ1n) is 10.9. The average Bonchev–Trinajstić information content (AvgIpc) is 3.17. The van der Waals surface area contributed by atoms with Gasteiger partial charge < -0.3 is 0 Å². The molecule has 0 saturated heterocycles. The highest BCUT2D eigenvalue weighted by molar-refractivity contribution is 8.00. The molecule has 0 saturated carbocycles. The Bertz CT molecular complexity index is 1340. The summed E-state index contributed by atoms with van der Waals surface area (Å²) in [6, 6.07) is 18.9. The first-order chi connectivity index (χ1) is 15.5. The van der Waals surface area contributed by atoms with Gasteiger partial charge in [-0.2, -0.15) is 0 Å². The molecule has 2 unspecified atom stereocenters. The summed E-state index contributed by atoms with van der Waals surface area (Å²) in [5, 5.41) is 0.954. The summed E-state index contributed by atoms with van der Waals surface area (Å²) in [4.78, 5) is 33.9. The van der Waals surface area contributed by atoms with E-state index in [4.69, 9.17) is 4.98 Å². The molecule has 162 valence electrons. The van der Waals surface area contributed by atoms with Gasteiger partial charge in [-0.15, -0.1) is 11.3 Å². The number of hydrogen-bond donors (Lipinski definition) is 0. The fourth-order valence-corrected chi connectivity index (χ4v) is 6.73. The van der Waals surface area contributed by atoms with Crippen molar-refractivity contribution in [1.82, 2.24) is 9.55 Å². The highest BCUT2D eigenvalue weighted by Gasteiger charge is 2.26. The minimum atomic E-state index is -0.369. The predicted molar refractivity (Wildman–Crippen MR) is 132 cm³/mol. The van der Waals surface area contributed by atoms with E-state index >= 15 is 0 Å². The number of para-hydroxylation sites is 1. The van der Waals surface area contributed by atoms with Crippen molar-refractivity contribution in [2.24, 2.45) is 5.92 Å². The van der Waals surface area contributed by atoms with E-state index in [1.165, 1.54) is 22.2 Å². The van der Waals surface area contributed by atoms with Gasteiger partial charge in [-0.25, -0.2) is 4.98 Å². The largest absolute Gasteiger partial charge is 0.293 e. The van der Waals surface area contributed by atoms with E-state index in [9.17, 15) is 9.59 Å². The van der Waals surface area contributed by atoms with Gasteiger partial charge in [0.15, 0.2) is 10.9 Å². The van der Waals surface area contributed by atoms with Gasteiger partial charge in [0, 0.05) is 10.4 Å². The quantitative estimate of drug-likeness (QED) is 0.210. The maximum atomic E-state index is 13.8. The van der Waals surface area contributed by atoms with Crippen molar-refractivity contribution >= 4 is 39.1 Å². The van der Waals surface area contributed by atoms with Crippen molar-refractivity contribution in [3.05, 3.63) is 87.0 Å². The zero-order valence-electron chi connectivity index (χ0n) is 18.1. The number of thioether (sulfide) groups is 1. The number of nitrogens with zero attached hydrogens (tertiary/aromatic N) is 2. The van der Waals surface area contributed by atoms with Gasteiger partial charge in [0.05, 0.1) is 16.3 Å². The molecule has 0 N–H and O–H groups in total. The molecular weight excluding hydrogens is 436 g/mol. The minimum absolute atomic E-state index is 0.0313. The summed E-state index contributed by atoms with van der Waals surface area (Å²) in [5.74, 6) is 0.660. The van der Waals surface area contributed by atoms with Gasteiger partial charge in [0.2, 0.25) is 0 Å². The Balaban J connectivity index is 1.64. The maximum Gasteiger partial charge on any atom is 0.267 e. The summed E-state index contributed by atoms with van der Waals surface area (Å²) in [5.41, 5.74) is 2.59. The van der Waals surface area contributed by atoms with E-state index in [2.05, 4.69) is 6.92 Å². The van der Waals surface area contributed by atoms with Crippen LogP contribution in [0, 0.1) is 5.92 Å². The van der Waals surface area contributed by atoms with Crippen molar-refractivity contribution < 1.29 is 4.79 Å². The number of thiophene rings is 1. The van der Waals surface area contributed by atoms with Crippen LogP contribution in [0.3, 0.4) is 0 Å². The standard InChI is InChI=1S/C26H24N2O2S2/c1-16-13-14-20-21(15-16)32-24-22(20)25(30)28(19-11-7-4-8-12-19)26(27-24)31-17(2)23(29)18-9-5-3-6-10-18/h3-12,16-17H,13-15H2,1-2H3. The molecule has 1 aliphatic rings. The van der Waals surface area contributed by atoms with Crippen LogP contribution in [0.2, 0.25) is 0 Å². The molecule has 0 aliphatic heterocycles. The second kappa shape index (κ2) is 8.68. The van der Waals surface area contributed by atoms with E-state index < -0.39 is 0 Å². The van der Waals surface area contributed by atoms with Gasteiger partial charge >= 0.3 is 0 Å². The lowest BCUT2D eigenvalue weighted by molar-refractivity contribution is 0.0994. The predicted octanol–water partition coefficient (Wildman–Crippen LogP) is 5.94. The number of Topliss-reactive ketones (excluding diaryl/α,β-unsaturated/α-hetero) is 1. The van der Waals surface area contributed by atoms with E-state index in [0.29, 0.717) is 16.6 Å². The number of ketones is 1. The van der Waals surface area contributed by atoms with Crippen LogP contribution < -0.4 is 5.56 Å². The zero-order valence-corrected chi connectivity index (χ0v) is 19.7. The number of aromatic nitrogens is 2. The lowest BCUT2D eigenvalue weighted by Gasteiger charge is -2.18. The van der Waals surface area contributed by atoms with Crippen LogP contribution in [0.4, 0.5) is 0 Å². The summed E-state index contributed by atoms with van der Waals surface area (Å²) in [7, 11) is 0. The van der Waals surface area contributed by atoms with Crippen LogP contribution in [-0.4, -0.2) is 20.6 Å². The van der Waals surface area contributed by atoms with E-state index in [-0.39, 0.29) is 16.6 Å². The Morgan fingerprint density at radius 2 is 1.81 bits per heavy atom. The Hall–Kier alpha value is -2.70. The van der Waals surface area contributed by atoms with Gasteiger partial charge in [0.25, 0.3) is 5.56 Å². The molecule has 0 radical (unpaired) electrons. The Morgan fingerprint density at radius 3 is 2.53 bits per heavy atom. The summed E-state index contributed by atoms with van der Waals surface area (Å²) in [6.07, 6.45) is 3.03. The van der Waals surface area contributed by atoms with Crippen LogP contribution >= 0.6 is 23.1 Å². The fraction of sp³-hybridized carbons (Fsp3) is 0.269. The van der Waals surface area contributed by atoms with Crippen molar-refractivity contribution in [2.45, 2.75) is 43.5 Å². The molecular formula is C26H24N2O2S2. The number of hydrogen-bond acceptors (Lipinski definition) is 5. The highest BCUT2D eigenvalue weighted by Crippen LogP contribution is 2.37. The molecule has 6 heteroatoms. The molecule has 1 aliphatic carbocycles. The highest BCUT2D eigenvalue weighted by atomic mass is 32.2. The normalized spacial score (nSPS) is 16.6. The first-order valence-corrected chi connectivity index (χ1v) is 12.6. The molecule has 2 heterocycles. The van der Waals surface area contributed by atoms with Gasteiger partial charge in [-0.05, 0) is 49.8 Å². The smallest absolute Gasteiger partial charge is 0.267 e. The van der Waals surface area contributed by atoms with Crippen LogP contribution in [0.1, 0.15) is 41.1 Å². The number of aryl methyl sites for hydroxylation is 1. The molecule has 4 nitrogen and oxygen atoms in total. The summed E-state index contributed by atoms with van der Waals surface area (Å²) >= 11 is 3.00. The topological polar surface area (TPSA) is 52.0 Å². The number of benzene rings is 2. The fourth-order valence-electron chi connectivity index (χ4n) is 4.30. The molecule has 2 aromatic heterocycles. The van der Waals surface area contributed by atoms with E-state index in [1.54, 1.807) is 15.9 Å². The number of fused-ring (bicyclic) bond motifs is 3. The van der Waals surface area contributed by atoms with Crippen LogP contribution in [-0.2, 0) is 12.8 Å². The monoisotopic (exact) mass is 460 g/mol. The van der Waals surface area contributed by atoms with E-state index in [1.807, 2.05) is 67.6 Å². The Kier molecular flexibility index (Phi) is 5.74. The molecule has 0 fully saturated rings. The first kappa shape index (κ1) is 21.2. The SMILES string of the molecule is CC1CCc2c(sc3nc(SC(C)C(=O)c4ccccc4)n(-c4ccccc4)c(=O)c23)C1. The molecule has 4 aromatic rings. The van der Waals surface area contributed by atoms with Crippen LogP contribution in [0.25, 0.3) is 15.9 Å². The minimum Gasteiger partial charge on any atom is -0.293 e. The molecule has 2 aromatic carbocycles. The van der Waals surface area contributed by atoms with Gasteiger partial charge in [0.1, 0.15) is 4.83 Å². The summed E-state index contributed by atoms with van der Waals surface area (Å²) in [6.45, 7) is 4.15. The zero-order chi connectivity index (χ0) is 22.2. The van der Waals surface area contributed by atoms with Crippen LogP contribution in [0.15, 0.2) is 70.6 Å². The number of rotatable bonds is 5.